The monoisotopic (exact) mass is 1450 g/mol. The Morgan fingerprint density at radius 2 is 0.806 bits per heavy atom. The number of aryl methyl sites for hydroxylation is 1. The normalized spacial score (nSPS) is 11.1. The van der Waals surface area contributed by atoms with E-state index in [4.69, 9.17) is 98.8 Å². The molecule has 0 aliphatic heterocycles. The van der Waals surface area contributed by atoms with Crippen LogP contribution in [0.1, 0.15) is 89.1 Å². The summed E-state index contributed by atoms with van der Waals surface area (Å²) in [6.45, 7) is 13.9. The lowest BCUT2D eigenvalue weighted by molar-refractivity contribution is -0.138. The van der Waals surface area contributed by atoms with E-state index >= 15 is 0 Å². The van der Waals surface area contributed by atoms with Gasteiger partial charge in [-0.25, -0.2) is 24.0 Å². The van der Waals surface area contributed by atoms with Crippen LogP contribution in [0.15, 0.2) is 154 Å². The van der Waals surface area contributed by atoms with Gasteiger partial charge in [0.1, 0.15) is 23.1 Å². The van der Waals surface area contributed by atoms with Gasteiger partial charge in [-0.1, -0.05) is 106 Å². The van der Waals surface area contributed by atoms with Gasteiger partial charge in [-0.2, -0.15) is 29.9 Å². The van der Waals surface area contributed by atoms with E-state index in [9.17, 15) is 28.8 Å². The van der Waals surface area contributed by atoms with Gasteiger partial charge >= 0.3 is 35.0 Å². The molecule has 0 amide bonds. The van der Waals surface area contributed by atoms with Crippen LogP contribution in [0.3, 0.4) is 0 Å². The number of hydrogen-bond donors (Lipinski definition) is 5. The zero-order valence-electron chi connectivity index (χ0n) is 53.7. The van der Waals surface area contributed by atoms with Gasteiger partial charge in [0.2, 0.25) is 17.8 Å². The largest absolute Gasteiger partial charge is 0.489 e. The summed E-state index contributed by atoms with van der Waals surface area (Å²) in [5.74, 6) is -0.384. The van der Waals surface area contributed by atoms with Crippen LogP contribution in [0.5, 0.6) is 17.2 Å². The zero-order valence-corrected chi connectivity index (χ0v) is 58.2. The number of anilines is 6. The Bertz CT molecular complexity index is 4510. The maximum absolute atomic E-state index is 12.9. The quantitative estimate of drug-likeness (QED) is 0.0248. The molecular weight excluding hydrogens is 1390 g/mol. The van der Waals surface area contributed by atoms with Crippen molar-refractivity contribution in [2.75, 3.05) is 22.6 Å². The Morgan fingerprint density at radius 3 is 1.12 bits per heavy atom. The Kier molecular flexibility index (Phi) is 28.1. The fourth-order valence-electron chi connectivity index (χ4n) is 8.52. The average molecular weight is 1460 g/mol. The van der Waals surface area contributed by atoms with Gasteiger partial charge in [-0.15, -0.1) is 0 Å². The smallest absolute Gasteiger partial charge is 0.352 e. The molecule has 0 aliphatic rings. The summed E-state index contributed by atoms with van der Waals surface area (Å²) in [4.78, 5) is 96.7. The third-order valence-electron chi connectivity index (χ3n) is 12.8. The summed E-state index contributed by atoms with van der Waals surface area (Å²) in [6.07, 6.45) is 4.23. The number of halogens is 6. The molecule has 0 spiro atoms. The molecule has 5 N–H and O–H groups in total. The summed E-state index contributed by atoms with van der Waals surface area (Å²) < 4.78 is 25.9. The fourth-order valence-corrected chi connectivity index (χ4v) is 9.57. The molecule has 0 bridgehead atoms. The van der Waals surface area contributed by atoms with Crippen LogP contribution < -0.4 is 47.2 Å². The molecule has 0 fully saturated rings. The van der Waals surface area contributed by atoms with Gasteiger partial charge in [0.15, 0.2) is 11.6 Å². The lowest BCUT2D eigenvalue weighted by atomic mass is 10.2. The third kappa shape index (κ3) is 24.1. The van der Waals surface area contributed by atoms with Gasteiger partial charge in [-0.05, 0) is 168 Å². The van der Waals surface area contributed by atoms with Gasteiger partial charge in [0.25, 0.3) is 0 Å². The molecule has 9 rings (SSSR count). The molecule has 0 aliphatic carbocycles. The lowest BCUT2D eigenvalue weighted by Gasteiger charge is -2.16. The Balaban J connectivity index is 0.000000207. The van der Waals surface area contributed by atoms with E-state index in [0.29, 0.717) is 64.4 Å². The highest BCUT2D eigenvalue weighted by Gasteiger charge is 2.18. The highest BCUT2D eigenvalue weighted by Crippen LogP contribution is 2.33. The van der Waals surface area contributed by atoms with Gasteiger partial charge in [0.05, 0.1) is 66.0 Å². The first-order chi connectivity index (χ1) is 46.7. The number of nitrogens with zero attached hydrogens (tertiary/aromatic N) is 9. The Morgan fingerprint density at radius 1 is 0.469 bits per heavy atom. The van der Waals surface area contributed by atoms with Crippen molar-refractivity contribution in [3.05, 3.63) is 235 Å². The van der Waals surface area contributed by atoms with E-state index in [1.165, 1.54) is 25.9 Å². The number of ether oxygens (including phenoxy) is 4. The van der Waals surface area contributed by atoms with Crippen molar-refractivity contribution in [1.29, 1.82) is 0 Å². The molecule has 30 heteroatoms. The number of benzene rings is 6. The minimum absolute atomic E-state index is 0.0307. The van der Waals surface area contributed by atoms with Gasteiger partial charge in [-0.3, -0.25) is 18.5 Å². The van der Waals surface area contributed by atoms with E-state index in [1.54, 1.807) is 122 Å². The van der Waals surface area contributed by atoms with Gasteiger partial charge in [0, 0.05) is 50.7 Å². The molecule has 9 aromatic rings. The summed E-state index contributed by atoms with van der Waals surface area (Å²) in [5, 5.41) is 30.0. The van der Waals surface area contributed by atoms with Crippen LogP contribution in [0, 0.1) is 0 Å². The van der Waals surface area contributed by atoms with E-state index in [0.717, 1.165) is 28.8 Å². The highest BCUT2D eigenvalue weighted by atomic mass is 35.5. The molecule has 0 saturated heterocycles. The second kappa shape index (κ2) is 36.5. The predicted molar refractivity (Wildman–Crippen MR) is 380 cm³/mol. The molecule has 6 aromatic carbocycles. The zero-order chi connectivity index (χ0) is 71.2. The van der Waals surface area contributed by atoms with Crippen LogP contribution in [-0.4, -0.2) is 96.6 Å². The second-order valence-corrected chi connectivity index (χ2v) is 24.3. The van der Waals surface area contributed by atoms with E-state index in [1.807, 2.05) is 53.7 Å². The number of carboxylic acids is 2. The standard InChI is InChI=1S/C24H24Cl2N4O4.C22H22Cl2N4O4.C22H20Cl2N4O4/c1-4-33-22(31)12-11-21-28-23(27-18-9-10-20(19(26)13-18)34-15(2)3)30(24(32)29-21)14-16-5-7-17(25)8-6-16;2*1-13(2)32-18-8-7-16(11-17(18)24)25-21-26-19(9-10-20(29)30)27-22(31)28(21)12-14-3-5-15(23)6-4-14/h5-13,15H,4,14H2,1-3H3,(H,27,28,29,32);3-8,11,13H,9-10,12H2,1-2H3,(H,29,30)(H,25,26,27,31);3-11,13H,12H2,1-2H3,(H,29,30)(H,25,26,27,31)/b12-11+;;10-9+. The van der Waals surface area contributed by atoms with Gasteiger partial charge < -0.3 is 45.1 Å². The van der Waals surface area contributed by atoms with Crippen LogP contribution in [-0.2, 0) is 45.2 Å². The minimum Gasteiger partial charge on any atom is -0.489 e. The van der Waals surface area contributed by atoms with Crippen molar-refractivity contribution in [1.82, 2.24) is 43.6 Å². The van der Waals surface area contributed by atoms with E-state index < -0.39 is 35.0 Å². The highest BCUT2D eigenvalue weighted by molar-refractivity contribution is 6.33. The maximum Gasteiger partial charge on any atom is 0.352 e. The topological polar surface area (TPSA) is 308 Å². The number of carboxylic acid groups (broad SMARTS) is 2. The first-order valence-electron chi connectivity index (χ1n) is 30.0. The number of rotatable bonds is 26. The minimum atomic E-state index is -1.18. The number of hydrogen-bond acceptors (Lipinski definition) is 19. The summed E-state index contributed by atoms with van der Waals surface area (Å²) in [5.41, 5.74) is 2.46. The molecular formula is C68H66Cl6N12O12. The number of carbonyl (C=O) groups excluding carboxylic acids is 1. The summed E-state index contributed by atoms with van der Waals surface area (Å²) in [6, 6.07) is 36.5. The number of esters is 1. The average Bonchev–Trinajstić information content (AvgIpc) is 0.824. The first-order valence-corrected chi connectivity index (χ1v) is 32.3. The molecule has 0 radical (unpaired) electrons. The molecule has 98 heavy (non-hydrogen) atoms. The second-order valence-electron chi connectivity index (χ2n) is 21.7. The predicted octanol–water partition coefficient (Wildman–Crippen LogP) is 14.3. The van der Waals surface area contributed by atoms with Crippen molar-refractivity contribution in [2.24, 2.45) is 0 Å². The molecule has 3 aromatic heterocycles. The van der Waals surface area contributed by atoms with Crippen molar-refractivity contribution in [3.63, 3.8) is 0 Å². The number of carbonyl (C=O) groups is 3. The molecule has 0 unspecified atom stereocenters. The maximum atomic E-state index is 12.9. The molecule has 0 atom stereocenters. The molecule has 24 nitrogen and oxygen atoms in total. The Labute approximate surface area is 592 Å². The van der Waals surface area contributed by atoms with Crippen molar-refractivity contribution < 1.29 is 43.5 Å². The van der Waals surface area contributed by atoms with Crippen LogP contribution in [0.2, 0.25) is 30.1 Å². The lowest BCUT2D eigenvalue weighted by Crippen LogP contribution is -2.29. The van der Waals surface area contributed by atoms with Crippen molar-refractivity contribution in [3.8, 4) is 17.2 Å². The Hall–Kier alpha value is -9.82. The van der Waals surface area contributed by atoms with Crippen LogP contribution >= 0.6 is 69.6 Å². The molecule has 512 valence electrons. The van der Waals surface area contributed by atoms with Crippen molar-refractivity contribution >= 4 is 135 Å². The van der Waals surface area contributed by atoms with E-state index in [2.05, 4.69) is 45.9 Å². The summed E-state index contributed by atoms with van der Waals surface area (Å²) in [7, 11) is 0. The molecule has 3 heterocycles. The number of aromatic nitrogens is 9. The SMILES string of the molecule is CC(C)Oc1ccc(Nc2nc(/C=C/C(=O)O)nc(=O)n2Cc2ccc(Cl)cc2)cc1Cl.CC(C)Oc1ccc(Nc2nc(CCC(=O)O)nc(=O)n2Cc2ccc(Cl)cc2)cc1Cl.CCOC(=O)/C=C/c1nc(Nc2ccc(OC(C)C)c(Cl)c2)n(Cc2ccc(Cl)cc2)c(=O)n1. The van der Waals surface area contributed by atoms with Crippen LogP contribution in [0.25, 0.3) is 12.2 Å². The van der Waals surface area contributed by atoms with E-state index in [-0.39, 0.29) is 92.7 Å². The fraction of sp³-hybridized carbons (Fsp3) is 0.235. The summed E-state index contributed by atoms with van der Waals surface area (Å²) >= 11 is 36.9. The number of nitrogens with one attached hydrogen (secondary N) is 3. The third-order valence-corrected chi connectivity index (χ3v) is 14.4. The van der Waals surface area contributed by atoms with Crippen LogP contribution in [0.4, 0.5) is 34.9 Å². The molecule has 0 saturated carbocycles. The number of aliphatic carboxylic acids is 2. The van der Waals surface area contributed by atoms with Crippen molar-refractivity contribution in [2.45, 2.75) is 99.3 Å². The first kappa shape index (κ1) is 75.6.